The lowest BCUT2D eigenvalue weighted by Crippen LogP contribution is -2.45. The Labute approximate surface area is 101 Å². The van der Waals surface area contributed by atoms with E-state index in [0.29, 0.717) is 12.1 Å². The zero-order valence-electron chi connectivity index (χ0n) is 9.89. The summed E-state index contributed by atoms with van der Waals surface area (Å²) in [5, 5.41) is 4.41. The second-order valence-corrected chi connectivity index (χ2v) is 4.55. The summed E-state index contributed by atoms with van der Waals surface area (Å²) in [7, 11) is 2.00. The van der Waals surface area contributed by atoms with Crippen LogP contribution in [0.25, 0.3) is 10.9 Å². The van der Waals surface area contributed by atoms with Crippen LogP contribution in [0.3, 0.4) is 0 Å². The molecule has 0 amide bonds. The van der Waals surface area contributed by atoms with Crippen molar-refractivity contribution in [3.05, 3.63) is 36.5 Å². The van der Waals surface area contributed by atoms with Crippen LogP contribution < -0.4 is 10.1 Å². The van der Waals surface area contributed by atoms with Crippen LogP contribution in [0, 0.1) is 0 Å². The number of nitrogens with one attached hydrogen (secondary N) is 1. The first-order valence-electron chi connectivity index (χ1n) is 6.04. The normalized spacial score (nSPS) is 23.4. The molecule has 17 heavy (non-hydrogen) atoms. The fourth-order valence-corrected chi connectivity index (χ4v) is 2.21. The van der Waals surface area contributed by atoms with Crippen molar-refractivity contribution in [1.29, 1.82) is 0 Å². The molecule has 0 bridgehead atoms. The number of hydrogen-bond acceptors (Lipinski definition) is 3. The third-order valence-electron chi connectivity index (χ3n) is 3.38. The zero-order valence-corrected chi connectivity index (χ0v) is 9.89. The summed E-state index contributed by atoms with van der Waals surface area (Å²) in [6.07, 6.45) is 4.36. The van der Waals surface area contributed by atoms with E-state index in [1.807, 2.05) is 31.4 Å². The molecule has 0 atom stereocenters. The van der Waals surface area contributed by atoms with E-state index in [-0.39, 0.29) is 0 Å². The number of hydrogen-bond donors (Lipinski definition) is 1. The Morgan fingerprint density at radius 1 is 1.29 bits per heavy atom. The standard InChI is InChI=1S/C14H16N2O/c1-15-11-7-13(8-11)17-12-5-4-10-3-2-6-16-14(10)9-12/h2-6,9,11,13,15H,7-8H2,1H3. The summed E-state index contributed by atoms with van der Waals surface area (Å²) in [6, 6.07) is 10.7. The summed E-state index contributed by atoms with van der Waals surface area (Å²) in [5.41, 5.74) is 0.995. The maximum absolute atomic E-state index is 5.91. The van der Waals surface area contributed by atoms with Crippen molar-refractivity contribution in [2.24, 2.45) is 0 Å². The van der Waals surface area contributed by atoms with Gasteiger partial charge in [0.25, 0.3) is 0 Å². The van der Waals surface area contributed by atoms with Crippen LogP contribution in [-0.2, 0) is 0 Å². The van der Waals surface area contributed by atoms with E-state index in [1.54, 1.807) is 0 Å². The maximum atomic E-state index is 5.91. The van der Waals surface area contributed by atoms with E-state index in [0.717, 1.165) is 29.5 Å². The lowest BCUT2D eigenvalue weighted by Gasteiger charge is -2.35. The number of rotatable bonds is 3. The molecule has 3 heteroatoms. The number of aromatic nitrogens is 1. The van der Waals surface area contributed by atoms with Crippen molar-refractivity contribution in [2.75, 3.05) is 7.05 Å². The molecule has 1 N–H and O–H groups in total. The van der Waals surface area contributed by atoms with Gasteiger partial charge in [0.05, 0.1) is 5.52 Å². The second-order valence-electron chi connectivity index (χ2n) is 4.55. The smallest absolute Gasteiger partial charge is 0.121 e. The first kappa shape index (κ1) is 10.5. The number of pyridine rings is 1. The molecule has 0 radical (unpaired) electrons. The molecule has 1 aliphatic rings. The molecule has 1 heterocycles. The van der Waals surface area contributed by atoms with E-state index in [4.69, 9.17) is 4.74 Å². The predicted octanol–water partition coefficient (Wildman–Crippen LogP) is 2.36. The molecule has 2 aromatic rings. The highest BCUT2D eigenvalue weighted by molar-refractivity contribution is 5.79. The summed E-state index contributed by atoms with van der Waals surface area (Å²) >= 11 is 0. The van der Waals surface area contributed by atoms with E-state index in [2.05, 4.69) is 22.4 Å². The van der Waals surface area contributed by atoms with Crippen molar-refractivity contribution < 1.29 is 4.74 Å². The Morgan fingerprint density at radius 2 is 2.18 bits per heavy atom. The monoisotopic (exact) mass is 228 g/mol. The van der Waals surface area contributed by atoms with Crippen LogP contribution in [0.15, 0.2) is 36.5 Å². The molecule has 3 rings (SSSR count). The van der Waals surface area contributed by atoms with Gasteiger partial charge in [-0.2, -0.15) is 0 Å². The average molecular weight is 228 g/mol. The minimum absolute atomic E-state index is 0.355. The highest BCUT2D eigenvalue weighted by atomic mass is 16.5. The largest absolute Gasteiger partial charge is 0.490 e. The highest BCUT2D eigenvalue weighted by Crippen LogP contribution is 2.27. The average Bonchev–Trinajstić information content (AvgIpc) is 2.33. The van der Waals surface area contributed by atoms with Crippen molar-refractivity contribution >= 4 is 10.9 Å². The lowest BCUT2D eigenvalue weighted by atomic mass is 9.89. The van der Waals surface area contributed by atoms with Gasteiger partial charge in [-0.3, -0.25) is 4.98 Å². The van der Waals surface area contributed by atoms with Gasteiger partial charge in [0, 0.05) is 23.7 Å². The van der Waals surface area contributed by atoms with Gasteiger partial charge in [-0.25, -0.2) is 0 Å². The van der Waals surface area contributed by atoms with Gasteiger partial charge < -0.3 is 10.1 Å². The summed E-state index contributed by atoms with van der Waals surface area (Å²) in [4.78, 5) is 4.33. The minimum Gasteiger partial charge on any atom is -0.490 e. The molecule has 3 nitrogen and oxygen atoms in total. The Kier molecular flexibility index (Phi) is 2.69. The van der Waals surface area contributed by atoms with Gasteiger partial charge in [0.2, 0.25) is 0 Å². The Balaban J connectivity index is 1.73. The fraction of sp³-hybridized carbons (Fsp3) is 0.357. The number of benzene rings is 1. The molecular formula is C14H16N2O. The van der Waals surface area contributed by atoms with Crippen LogP contribution >= 0.6 is 0 Å². The molecule has 0 unspecified atom stereocenters. The molecule has 0 saturated heterocycles. The minimum atomic E-state index is 0.355. The molecular weight excluding hydrogens is 212 g/mol. The zero-order chi connectivity index (χ0) is 11.7. The third kappa shape index (κ3) is 2.11. The first-order chi connectivity index (χ1) is 8.35. The van der Waals surface area contributed by atoms with E-state index in [1.165, 1.54) is 0 Å². The van der Waals surface area contributed by atoms with Crippen LogP contribution in [0.5, 0.6) is 5.75 Å². The molecule has 1 aromatic heterocycles. The van der Waals surface area contributed by atoms with Gasteiger partial charge in [-0.1, -0.05) is 6.07 Å². The van der Waals surface area contributed by atoms with Crippen molar-refractivity contribution in [1.82, 2.24) is 10.3 Å². The molecule has 0 spiro atoms. The van der Waals surface area contributed by atoms with Crippen LogP contribution in [0.4, 0.5) is 0 Å². The summed E-state index contributed by atoms with van der Waals surface area (Å²) in [5.74, 6) is 0.927. The number of fused-ring (bicyclic) bond motifs is 1. The van der Waals surface area contributed by atoms with E-state index in [9.17, 15) is 0 Å². The molecule has 0 aliphatic heterocycles. The van der Waals surface area contributed by atoms with Crippen molar-refractivity contribution in [2.45, 2.75) is 25.0 Å². The Morgan fingerprint density at radius 3 is 3.00 bits per heavy atom. The van der Waals surface area contributed by atoms with Gasteiger partial charge in [-0.05, 0) is 38.1 Å². The Bertz CT molecular complexity index is 520. The maximum Gasteiger partial charge on any atom is 0.121 e. The summed E-state index contributed by atoms with van der Waals surface area (Å²) < 4.78 is 5.91. The number of ether oxygens (including phenoxy) is 1. The number of nitrogens with zero attached hydrogens (tertiary/aromatic N) is 1. The topological polar surface area (TPSA) is 34.1 Å². The fourth-order valence-electron chi connectivity index (χ4n) is 2.21. The molecule has 1 aliphatic carbocycles. The predicted molar refractivity (Wildman–Crippen MR) is 68.2 cm³/mol. The highest BCUT2D eigenvalue weighted by Gasteiger charge is 2.29. The second kappa shape index (κ2) is 4.34. The molecule has 1 saturated carbocycles. The molecule has 1 aromatic carbocycles. The van der Waals surface area contributed by atoms with Gasteiger partial charge >= 0.3 is 0 Å². The first-order valence-corrected chi connectivity index (χ1v) is 6.04. The van der Waals surface area contributed by atoms with Crippen LogP contribution in [-0.4, -0.2) is 24.2 Å². The third-order valence-corrected chi connectivity index (χ3v) is 3.38. The van der Waals surface area contributed by atoms with Crippen LogP contribution in [0.1, 0.15) is 12.8 Å². The quantitative estimate of drug-likeness (QED) is 0.875. The Hall–Kier alpha value is -1.61. The molecule has 1 fully saturated rings. The van der Waals surface area contributed by atoms with Crippen LogP contribution in [0.2, 0.25) is 0 Å². The summed E-state index contributed by atoms with van der Waals surface area (Å²) in [6.45, 7) is 0. The van der Waals surface area contributed by atoms with E-state index >= 15 is 0 Å². The SMILES string of the molecule is CNC1CC(Oc2ccc3cccnc3c2)C1. The van der Waals surface area contributed by atoms with E-state index < -0.39 is 0 Å². The van der Waals surface area contributed by atoms with Gasteiger partial charge in [0.15, 0.2) is 0 Å². The van der Waals surface area contributed by atoms with Crippen molar-refractivity contribution in [3.63, 3.8) is 0 Å². The van der Waals surface area contributed by atoms with Gasteiger partial charge in [0.1, 0.15) is 11.9 Å². The van der Waals surface area contributed by atoms with Gasteiger partial charge in [-0.15, -0.1) is 0 Å². The lowest BCUT2D eigenvalue weighted by molar-refractivity contribution is 0.0886. The van der Waals surface area contributed by atoms with Crippen molar-refractivity contribution in [3.8, 4) is 5.75 Å². The molecule has 88 valence electrons.